The molecule has 25 nitrogen and oxygen atoms in total. The molecule has 0 spiro atoms. The van der Waals surface area contributed by atoms with Crippen LogP contribution >= 0.6 is 0 Å². The Morgan fingerprint density at radius 2 is 0.729 bits per heavy atom. The molecule has 0 saturated carbocycles. The number of nitrogens with one attached hydrogen (secondary N) is 1. The van der Waals surface area contributed by atoms with Crippen molar-refractivity contribution in [1.29, 1.82) is 0 Å². The molecule has 0 aromatic carbocycles. The molecule has 0 rings (SSSR count). The fourth-order valence-electron chi connectivity index (χ4n) is 6.36. The lowest BCUT2D eigenvalue weighted by molar-refractivity contribution is -0.251. The van der Waals surface area contributed by atoms with Crippen LogP contribution in [0, 0.1) is 0 Å². The summed E-state index contributed by atoms with van der Waals surface area (Å²) in [6.07, 6.45) is -10.8. The van der Waals surface area contributed by atoms with Crippen LogP contribution in [-0.4, -0.2) is 200 Å². The van der Waals surface area contributed by atoms with Crippen LogP contribution in [0.1, 0.15) is 129 Å². The van der Waals surface area contributed by atoms with Gasteiger partial charge in [-0.2, -0.15) is 5.48 Å². The number of ether oxygens (including phenoxy) is 5. The second-order valence-electron chi connectivity index (χ2n) is 16.3. The zero-order valence-electron chi connectivity index (χ0n) is 40.5. The summed E-state index contributed by atoms with van der Waals surface area (Å²) in [5.74, 6) is -10.5. The molecule has 0 amide bonds. The first-order chi connectivity index (χ1) is 33.4. The maximum absolute atomic E-state index is 11.2. The minimum atomic E-state index is -2.59. The average molecular weight is 1020 g/mol. The lowest BCUT2D eigenvalue weighted by Gasteiger charge is -2.31. The molecule has 0 aliphatic rings. The molecule has 0 aliphatic heterocycles. The molecule has 19 N–H and O–H groups in total. The molecular weight excluding hydrogens is 938 g/mol. The lowest BCUT2D eigenvalue weighted by atomic mass is 10.1. The summed E-state index contributed by atoms with van der Waals surface area (Å²) in [5, 5.41) is 185. The van der Waals surface area contributed by atoms with Crippen LogP contribution in [0.4, 0.5) is 0 Å². The van der Waals surface area contributed by atoms with E-state index in [0.717, 1.165) is 77.0 Å². The standard InChI is InChI=1S/C45H85NO24/c1-3-5-7-9-11-13-15-25-65-27-32(69-44(63)39(59)35(55)30(19-23-49)67-42(61)37(57)33(53)28(51)17-21-47)41(46-66-26-16-14-12-10-8-6-4-2)70-45(64)40(60)36(56)31(20-24-50)68-43(62)38(58)34(54)29(52)18-22-48/h28-32,41-64H,3-27H2,1-2H3/b37-33-,38-34-,39-35+,40-36-/t28-,29-,30-,31-,32-,41+,42-,43-,44+,45+/m1/s1. The summed E-state index contributed by atoms with van der Waals surface area (Å²) in [6, 6.07) is 0. The second-order valence-corrected chi connectivity index (χ2v) is 16.3. The topological polar surface area (TPSA) is 432 Å². The van der Waals surface area contributed by atoms with Gasteiger partial charge in [-0.15, -0.1) is 0 Å². The predicted octanol–water partition coefficient (Wildman–Crippen LogP) is 2.36. The van der Waals surface area contributed by atoms with Crippen LogP contribution in [-0.2, 0) is 28.5 Å². The third kappa shape index (κ3) is 26.9. The summed E-state index contributed by atoms with van der Waals surface area (Å²) >= 11 is 0. The van der Waals surface area contributed by atoms with Gasteiger partial charge in [-0.3, -0.25) is 4.84 Å². The van der Waals surface area contributed by atoms with Crippen LogP contribution in [0.2, 0.25) is 0 Å². The van der Waals surface area contributed by atoms with Crippen molar-refractivity contribution in [3.63, 3.8) is 0 Å². The van der Waals surface area contributed by atoms with E-state index in [1.165, 1.54) is 0 Å². The first kappa shape index (κ1) is 66.7. The van der Waals surface area contributed by atoms with Crippen LogP contribution in [0.15, 0.2) is 46.1 Å². The maximum atomic E-state index is 11.2. The van der Waals surface area contributed by atoms with Gasteiger partial charge in [0.15, 0.2) is 52.3 Å². The molecule has 0 heterocycles. The Morgan fingerprint density at radius 1 is 0.386 bits per heavy atom. The predicted molar refractivity (Wildman–Crippen MR) is 247 cm³/mol. The number of rotatable bonds is 45. The number of aliphatic hydroxyl groups excluding tert-OH is 18. The van der Waals surface area contributed by atoms with E-state index >= 15 is 0 Å². The molecule has 0 bridgehead atoms. The van der Waals surface area contributed by atoms with Gasteiger partial charge in [-0.25, -0.2) is 0 Å². The van der Waals surface area contributed by atoms with E-state index in [1.807, 2.05) is 0 Å². The molecule has 0 saturated heterocycles. The van der Waals surface area contributed by atoms with Gasteiger partial charge in [0.05, 0.1) is 13.2 Å². The van der Waals surface area contributed by atoms with Crippen molar-refractivity contribution in [2.24, 2.45) is 0 Å². The second kappa shape index (κ2) is 40.2. The Morgan fingerprint density at radius 3 is 1.13 bits per heavy atom. The van der Waals surface area contributed by atoms with E-state index in [9.17, 15) is 81.7 Å². The first-order valence-corrected chi connectivity index (χ1v) is 23.9. The summed E-state index contributed by atoms with van der Waals surface area (Å²) in [4.78, 5) is 5.61. The van der Waals surface area contributed by atoms with E-state index < -0.39 is 167 Å². The van der Waals surface area contributed by atoms with E-state index in [4.69, 9.17) is 38.7 Å². The van der Waals surface area contributed by atoms with Gasteiger partial charge < -0.3 is 116 Å². The third-order valence-electron chi connectivity index (χ3n) is 10.5. The molecule has 0 aromatic rings. The molecule has 414 valence electrons. The van der Waals surface area contributed by atoms with Crippen LogP contribution in [0.3, 0.4) is 0 Å². The van der Waals surface area contributed by atoms with Gasteiger partial charge in [0.1, 0.15) is 30.5 Å². The summed E-state index contributed by atoms with van der Waals surface area (Å²) in [7, 11) is 0. The third-order valence-corrected chi connectivity index (χ3v) is 10.5. The highest BCUT2D eigenvalue weighted by Crippen LogP contribution is 2.24. The van der Waals surface area contributed by atoms with E-state index in [2.05, 4.69) is 19.3 Å². The minimum absolute atomic E-state index is 0.0223. The lowest BCUT2D eigenvalue weighted by Crippen LogP contribution is -2.50. The molecule has 0 radical (unpaired) electrons. The molecule has 0 unspecified atom stereocenters. The molecule has 0 aliphatic carbocycles. The van der Waals surface area contributed by atoms with Crippen molar-refractivity contribution in [2.45, 2.75) is 191 Å². The van der Waals surface area contributed by atoms with Gasteiger partial charge in [0.2, 0.25) is 25.2 Å². The first-order valence-electron chi connectivity index (χ1n) is 23.9. The van der Waals surface area contributed by atoms with Crippen molar-refractivity contribution in [1.82, 2.24) is 5.48 Å². The Hall–Kier alpha value is -3.32. The largest absolute Gasteiger partial charge is 0.506 e. The average Bonchev–Trinajstić information content (AvgIpc) is 3.34. The van der Waals surface area contributed by atoms with Crippen LogP contribution in [0.25, 0.3) is 0 Å². The van der Waals surface area contributed by atoms with Gasteiger partial charge in [-0.1, -0.05) is 90.9 Å². The van der Waals surface area contributed by atoms with Crippen LogP contribution < -0.4 is 5.48 Å². The zero-order chi connectivity index (χ0) is 53.0. The summed E-state index contributed by atoms with van der Waals surface area (Å²) in [6.45, 7) is 0.915. The van der Waals surface area contributed by atoms with Gasteiger partial charge >= 0.3 is 0 Å². The Labute approximate surface area is 409 Å². The van der Waals surface area contributed by atoms with Crippen molar-refractivity contribution >= 4 is 0 Å². The van der Waals surface area contributed by atoms with Crippen molar-refractivity contribution in [2.75, 3.05) is 46.2 Å². The summed E-state index contributed by atoms with van der Waals surface area (Å²) in [5.41, 5.74) is 2.48. The molecule has 0 fully saturated rings. The van der Waals surface area contributed by atoms with E-state index in [1.54, 1.807) is 0 Å². The van der Waals surface area contributed by atoms with Gasteiger partial charge in [0, 0.05) is 58.7 Å². The van der Waals surface area contributed by atoms with E-state index in [0.29, 0.717) is 12.8 Å². The fourth-order valence-corrected chi connectivity index (χ4v) is 6.36. The van der Waals surface area contributed by atoms with Crippen molar-refractivity contribution in [3.8, 4) is 0 Å². The molecule has 10 atom stereocenters. The highest BCUT2D eigenvalue weighted by Gasteiger charge is 2.36. The highest BCUT2D eigenvalue weighted by atomic mass is 16.7. The van der Waals surface area contributed by atoms with Crippen molar-refractivity contribution < 1.29 is 120 Å². The smallest absolute Gasteiger partial charge is 0.219 e. The monoisotopic (exact) mass is 1020 g/mol. The van der Waals surface area contributed by atoms with Crippen LogP contribution in [0.5, 0.6) is 0 Å². The van der Waals surface area contributed by atoms with Gasteiger partial charge in [-0.05, 0) is 12.8 Å². The van der Waals surface area contributed by atoms with Crippen molar-refractivity contribution in [3.05, 3.63) is 46.1 Å². The quantitative estimate of drug-likeness (QED) is 0.0180. The minimum Gasteiger partial charge on any atom is -0.506 e. The number of hydroxylamine groups is 1. The summed E-state index contributed by atoms with van der Waals surface area (Å²) < 4.78 is 27.3. The number of hydrogen-bond acceptors (Lipinski definition) is 25. The fraction of sp³-hybridized carbons (Fsp3) is 0.822. The van der Waals surface area contributed by atoms with Gasteiger partial charge in [0.25, 0.3) is 0 Å². The molecule has 0 aromatic heterocycles. The molecule has 70 heavy (non-hydrogen) atoms. The Balaban J connectivity index is 7.00. The molecular formula is C45H85NO24. The normalized spacial score (nSPS) is 18.1. The molecule has 25 heteroatoms. The number of unbranched alkanes of at least 4 members (excludes halogenated alkanes) is 12. The highest BCUT2D eigenvalue weighted by molar-refractivity contribution is 5.11. The Kier molecular flexibility index (Phi) is 38.3. The number of hydrogen-bond donors (Lipinski definition) is 19. The maximum Gasteiger partial charge on any atom is 0.219 e. The Bertz CT molecular complexity index is 1360. The van der Waals surface area contributed by atoms with E-state index in [-0.39, 0.29) is 13.2 Å². The SMILES string of the molecule is CCCCCCCCCOC[C@@H](O[C@H](O)/C(O)=C(\O)[C@@H](CCO)O[C@@H](O)/C(O)=C(/O)[C@H](O)CCO)[C@@H](NOCCCCCCCCC)O[C@H](O)/C(O)=C(/O)[C@@H](CCO)O[C@@H](O)/C(O)=C(/O)[C@H](O)CCO. The number of aliphatic hydroxyl groups is 18. The zero-order valence-corrected chi connectivity index (χ0v) is 40.5.